The van der Waals surface area contributed by atoms with Gasteiger partial charge in [0.05, 0.1) is 0 Å². The third-order valence-corrected chi connectivity index (χ3v) is 0. The van der Waals surface area contributed by atoms with E-state index in [4.69, 9.17) is 0 Å². The summed E-state index contributed by atoms with van der Waals surface area (Å²) in [6, 6.07) is 0. The summed E-state index contributed by atoms with van der Waals surface area (Å²) >= 11 is 0. The molecule has 8 heteroatoms. The van der Waals surface area contributed by atoms with Crippen molar-refractivity contribution in [3.63, 3.8) is 0 Å². The van der Waals surface area contributed by atoms with E-state index in [2.05, 4.69) is 0 Å². The summed E-state index contributed by atoms with van der Waals surface area (Å²) in [5.74, 6) is 0. The fourth-order valence-corrected chi connectivity index (χ4v) is 0. The zero-order valence-corrected chi connectivity index (χ0v) is 9.12. The molecule has 3 radical (unpaired) electrons. The Balaban J connectivity index is 0. The molecule has 0 atom stereocenters. The summed E-state index contributed by atoms with van der Waals surface area (Å²) in [5, 5.41) is 0. The van der Waals surface area contributed by atoms with E-state index in [9.17, 15) is 0 Å². The number of hydrogen-bond acceptors (Lipinski definition) is 0. The zero-order valence-electron chi connectivity index (χ0n) is 4.04. The second kappa shape index (κ2) is 355. The van der Waals surface area contributed by atoms with Crippen LogP contribution in [0.3, 0.4) is 0 Å². The van der Waals surface area contributed by atoms with E-state index in [0.29, 0.717) is 0 Å². The van der Waals surface area contributed by atoms with Crippen molar-refractivity contribution in [3.8, 4) is 0 Å². The Kier molecular flexibility index (Phi) is 23000. The first-order valence-corrected chi connectivity index (χ1v) is 0. The molecule has 12 N–H and O–H groups in total. The van der Waals surface area contributed by atoms with Gasteiger partial charge in [0.15, 0.2) is 0 Å². The summed E-state index contributed by atoms with van der Waals surface area (Å²) < 4.78 is 0. The van der Waals surface area contributed by atoms with Crippen LogP contribution in [-0.2, 0) is 16.8 Å². The van der Waals surface area contributed by atoms with E-state index in [0.717, 1.165) is 0 Å². The van der Waals surface area contributed by atoms with E-state index in [1.807, 2.05) is 0 Å². The Morgan fingerprint density at radius 2 is 0.375 bits per heavy atom. The minimum atomic E-state index is 0. The molecule has 0 saturated heterocycles. The van der Waals surface area contributed by atoms with Crippen LogP contribution in [-0.4, -0.2) is 56.8 Å². The summed E-state index contributed by atoms with van der Waals surface area (Å²) in [6.07, 6.45) is 0. The van der Waals surface area contributed by atoms with Crippen LogP contribution in [0.2, 0.25) is 0 Å². The van der Waals surface area contributed by atoms with Crippen molar-refractivity contribution in [1.29, 1.82) is 0 Å². The maximum absolute atomic E-state index is 0. The van der Waals surface area contributed by atoms with Crippen LogP contribution in [0, 0.1) is 0 Å². The molecule has 6 nitrogen and oxygen atoms in total. The molecule has 0 aliphatic carbocycles. The van der Waals surface area contributed by atoms with Gasteiger partial charge in [0.2, 0.25) is 0 Å². The summed E-state index contributed by atoms with van der Waals surface area (Å²) in [7, 11) is 0. The van der Waals surface area contributed by atoms with Gasteiger partial charge in [-0.15, -0.1) is 0 Å². The molecule has 0 aromatic rings. The van der Waals surface area contributed by atoms with Gasteiger partial charge in [0.1, 0.15) is 0 Å². The van der Waals surface area contributed by atoms with Crippen molar-refractivity contribution >= 4 is 23.9 Å². The second-order valence-electron chi connectivity index (χ2n) is 0. The molecule has 0 fully saturated rings. The summed E-state index contributed by atoms with van der Waals surface area (Å²) in [5.41, 5.74) is 0. The molecule has 0 aromatic heterocycles. The third kappa shape index (κ3) is 229. The van der Waals surface area contributed by atoms with Gasteiger partial charge in [-0.1, -0.05) is 0 Å². The SMILES string of the molecule is O.O.O.O.O.O.[Co].[SnH2]. The van der Waals surface area contributed by atoms with Crippen molar-refractivity contribution in [2.75, 3.05) is 0 Å². The van der Waals surface area contributed by atoms with Crippen LogP contribution in [0.4, 0.5) is 0 Å². The van der Waals surface area contributed by atoms with Crippen LogP contribution in [0.5, 0.6) is 0 Å². The van der Waals surface area contributed by atoms with Crippen LogP contribution in [0.15, 0.2) is 0 Å². The van der Waals surface area contributed by atoms with E-state index >= 15 is 0 Å². The van der Waals surface area contributed by atoms with Crippen molar-refractivity contribution < 1.29 is 49.6 Å². The zero-order chi connectivity index (χ0) is 0. The first-order chi connectivity index (χ1) is 0. The Bertz CT molecular complexity index is 8.49. The van der Waals surface area contributed by atoms with E-state index in [-0.39, 0.29) is 73.5 Å². The Labute approximate surface area is 73.7 Å². The van der Waals surface area contributed by atoms with Gasteiger partial charge < -0.3 is 32.9 Å². The van der Waals surface area contributed by atoms with Crippen molar-refractivity contribution in [2.24, 2.45) is 0 Å². The van der Waals surface area contributed by atoms with Gasteiger partial charge >= 0.3 is 23.9 Å². The van der Waals surface area contributed by atoms with Crippen LogP contribution in [0.25, 0.3) is 0 Å². The van der Waals surface area contributed by atoms with Gasteiger partial charge in [-0.05, 0) is 0 Å². The molecule has 0 saturated carbocycles. The molecule has 0 aliphatic heterocycles. The maximum atomic E-state index is 0. The van der Waals surface area contributed by atoms with E-state index in [1.165, 1.54) is 0 Å². The minimum absolute atomic E-state index is 0. The van der Waals surface area contributed by atoms with Crippen LogP contribution < -0.4 is 0 Å². The first kappa shape index (κ1) is 520. The van der Waals surface area contributed by atoms with Gasteiger partial charge in [-0.3, -0.25) is 0 Å². The Hall–Kier alpha value is 1.07. The fraction of sp³-hybridized carbons (Fsp3) is 0. The first-order valence-electron chi connectivity index (χ1n) is 0. The van der Waals surface area contributed by atoms with Gasteiger partial charge in [0, 0.05) is 16.8 Å². The predicted octanol–water partition coefficient (Wildman–Crippen LogP) is -5.87. The molecule has 0 aliphatic rings. The molecule has 63 valence electrons. The standard InChI is InChI=1S/Co.6H2O.Sn.2H/h;6*1H2;;;. The van der Waals surface area contributed by atoms with Crippen molar-refractivity contribution in [1.82, 2.24) is 0 Å². The molecule has 8 heavy (non-hydrogen) atoms. The van der Waals surface area contributed by atoms with Crippen molar-refractivity contribution in [3.05, 3.63) is 0 Å². The fourth-order valence-electron chi connectivity index (χ4n) is 0. The monoisotopic (exact) mass is 289 g/mol. The topological polar surface area (TPSA) is 189 Å². The third-order valence-electron chi connectivity index (χ3n) is 0. The Morgan fingerprint density at radius 3 is 0.375 bits per heavy atom. The molecule has 0 rings (SSSR count). The summed E-state index contributed by atoms with van der Waals surface area (Å²) in [6.45, 7) is 0. The summed E-state index contributed by atoms with van der Waals surface area (Å²) in [4.78, 5) is 0. The van der Waals surface area contributed by atoms with E-state index < -0.39 is 0 Å². The predicted molar refractivity (Wildman–Crippen MR) is 30.2 cm³/mol. The average Bonchev–Trinajstić information content (AvgIpc) is 0. The Morgan fingerprint density at radius 1 is 0.375 bits per heavy atom. The van der Waals surface area contributed by atoms with Gasteiger partial charge in [0.25, 0.3) is 0 Å². The molecule has 0 spiro atoms. The molecule has 0 bridgehead atoms. The molecular formula is H14CoO6Sn. The molecule has 0 heterocycles. The molecule has 0 aromatic carbocycles. The molecule has 0 amide bonds. The van der Waals surface area contributed by atoms with Gasteiger partial charge in [-0.2, -0.15) is 0 Å². The van der Waals surface area contributed by atoms with Crippen molar-refractivity contribution in [2.45, 2.75) is 0 Å². The van der Waals surface area contributed by atoms with Crippen LogP contribution >= 0.6 is 0 Å². The number of hydrogen-bond donors (Lipinski definition) is 0. The quantitative estimate of drug-likeness (QED) is 0.384. The molecular weight excluding hydrogens is 274 g/mol. The average molecular weight is 288 g/mol. The van der Waals surface area contributed by atoms with E-state index in [1.54, 1.807) is 0 Å². The molecule has 0 unspecified atom stereocenters. The van der Waals surface area contributed by atoms with Gasteiger partial charge in [-0.25, -0.2) is 0 Å². The van der Waals surface area contributed by atoms with Crippen LogP contribution in [0.1, 0.15) is 0 Å². The second-order valence-corrected chi connectivity index (χ2v) is 0. The normalized spacial score (nSPS) is 0. The number of rotatable bonds is 0.